The smallest absolute Gasteiger partial charge is 0.417 e. The van der Waals surface area contributed by atoms with Gasteiger partial charge in [-0.3, -0.25) is 4.31 Å². The Labute approximate surface area is 157 Å². The maximum absolute atomic E-state index is 13.2. The van der Waals surface area contributed by atoms with Crippen LogP contribution in [0.3, 0.4) is 0 Å². The molecular formula is C16H14F3N3O5S. The van der Waals surface area contributed by atoms with Gasteiger partial charge in [0.05, 0.1) is 41.1 Å². The number of nitrogens with one attached hydrogen (secondary N) is 1. The third kappa shape index (κ3) is 2.68. The molecule has 2 N–H and O–H groups in total. The van der Waals surface area contributed by atoms with Gasteiger partial charge in [-0.2, -0.15) is 18.4 Å². The van der Waals surface area contributed by atoms with Crippen molar-refractivity contribution in [1.82, 2.24) is 5.32 Å². The highest BCUT2D eigenvalue weighted by molar-refractivity contribution is 7.93. The van der Waals surface area contributed by atoms with E-state index in [0.29, 0.717) is 6.07 Å². The number of hydrogen-bond acceptors (Lipinski definition) is 5. The van der Waals surface area contributed by atoms with Crippen LogP contribution < -0.4 is 9.62 Å². The van der Waals surface area contributed by atoms with Gasteiger partial charge in [0, 0.05) is 12.5 Å². The molecule has 8 nitrogen and oxygen atoms in total. The van der Waals surface area contributed by atoms with Crippen LogP contribution in [0.25, 0.3) is 0 Å². The molecule has 3 saturated heterocycles. The van der Waals surface area contributed by atoms with E-state index in [1.807, 2.05) is 0 Å². The Morgan fingerprint density at radius 3 is 2.71 bits per heavy atom. The molecule has 3 heterocycles. The molecule has 0 aromatic heterocycles. The molecule has 3 aliphatic rings. The van der Waals surface area contributed by atoms with Crippen molar-refractivity contribution in [2.75, 3.05) is 10.8 Å². The number of nitrogens with zero attached hydrogens (tertiary/aromatic N) is 2. The second-order valence-electron chi connectivity index (χ2n) is 6.97. The Morgan fingerprint density at radius 2 is 2.11 bits per heavy atom. The van der Waals surface area contributed by atoms with Gasteiger partial charge in [-0.05, 0) is 24.6 Å². The molecule has 4 rings (SSSR count). The first-order valence-electron chi connectivity index (χ1n) is 8.32. The average molecular weight is 417 g/mol. The Balaban J connectivity index is 1.69. The molecule has 0 unspecified atom stereocenters. The maximum Gasteiger partial charge on any atom is 0.417 e. The number of carboxylic acid groups (broad SMARTS) is 1. The Bertz CT molecular complexity index is 990. The quantitative estimate of drug-likeness (QED) is 0.753. The minimum absolute atomic E-state index is 0.116. The Morgan fingerprint density at radius 1 is 1.39 bits per heavy atom. The van der Waals surface area contributed by atoms with E-state index in [9.17, 15) is 26.4 Å². The fourth-order valence-corrected chi connectivity index (χ4v) is 6.77. The number of alkyl halides is 3. The molecule has 12 heteroatoms. The number of ether oxygens (including phenoxy) is 1. The summed E-state index contributed by atoms with van der Waals surface area (Å²) >= 11 is 0. The summed E-state index contributed by atoms with van der Waals surface area (Å²) in [7, 11) is -4.00. The standard InChI is InChI=1S/C16H14F3N3O5S/c17-16(18,19)10-3-8(2-1-7(10)5-20)22-6-9-13-11(21-15(23)24)4-12(27-13)14(9)28(22,25)26/h1-3,9,11-14,21H,4,6H2,(H,23,24)/t9-,11+,12+,13+,14-/m1/s1. The number of benzene rings is 1. The fraction of sp³-hybridized carbons (Fsp3) is 0.500. The van der Waals surface area contributed by atoms with Crippen molar-refractivity contribution in [3.05, 3.63) is 29.3 Å². The van der Waals surface area contributed by atoms with Gasteiger partial charge in [0.25, 0.3) is 0 Å². The topological polar surface area (TPSA) is 120 Å². The summed E-state index contributed by atoms with van der Waals surface area (Å²) in [5.41, 5.74) is -1.98. The van der Waals surface area contributed by atoms with Crippen LogP contribution in [0.15, 0.2) is 18.2 Å². The van der Waals surface area contributed by atoms with E-state index in [-0.39, 0.29) is 18.7 Å². The van der Waals surface area contributed by atoms with E-state index in [1.165, 1.54) is 12.1 Å². The van der Waals surface area contributed by atoms with Crippen LogP contribution in [0, 0.1) is 17.2 Å². The number of rotatable bonds is 2. The molecule has 1 amide bonds. The fourth-order valence-electron chi connectivity index (χ4n) is 4.44. The molecule has 28 heavy (non-hydrogen) atoms. The molecule has 5 atom stereocenters. The highest BCUT2D eigenvalue weighted by atomic mass is 32.2. The van der Waals surface area contributed by atoms with Gasteiger partial charge in [-0.25, -0.2) is 13.2 Å². The SMILES string of the molecule is N#Cc1ccc(N2C[C@@H]3[C@@H]4O[C@@H](C[C@@H]4NC(=O)O)[C@@H]3S2(=O)=O)cc1C(F)(F)F. The number of halogens is 3. The van der Waals surface area contributed by atoms with Crippen molar-refractivity contribution in [3.63, 3.8) is 0 Å². The van der Waals surface area contributed by atoms with E-state index < -0.39 is 62.8 Å². The summed E-state index contributed by atoms with van der Waals surface area (Å²) in [5, 5.41) is 19.2. The lowest BCUT2D eigenvalue weighted by molar-refractivity contribution is -0.137. The minimum Gasteiger partial charge on any atom is -0.465 e. The molecule has 0 spiro atoms. The molecule has 3 aliphatic heterocycles. The largest absolute Gasteiger partial charge is 0.465 e. The molecular weight excluding hydrogens is 403 g/mol. The van der Waals surface area contributed by atoms with Gasteiger partial charge in [-0.1, -0.05) is 0 Å². The Hall–Kier alpha value is -2.52. The summed E-state index contributed by atoms with van der Waals surface area (Å²) in [6.07, 6.45) is -7.25. The summed E-state index contributed by atoms with van der Waals surface area (Å²) < 4.78 is 72.2. The number of hydrogen-bond donors (Lipinski definition) is 2. The molecule has 0 radical (unpaired) electrons. The minimum atomic E-state index is -4.81. The number of amides is 1. The monoisotopic (exact) mass is 417 g/mol. The Kier molecular flexibility index (Phi) is 4.03. The summed E-state index contributed by atoms with van der Waals surface area (Å²) in [6.45, 7) is -0.116. The first-order chi connectivity index (χ1) is 13.0. The number of nitriles is 1. The van der Waals surface area contributed by atoms with Crippen molar-refractivity contribution < 1.29 is 36.2 Å². The molecule has 1 aromatic rings. The molecule has 0 aliphatic carbocycles. The van der Waals surface area contributed by atoms with Crippen molar-refractivity contribution in [3.8, 4) is 6.07 Å². The number of fused-ring (bicyclic) bond motifs is 5. The van der Waals surface area contributed by atoms with Gasteiger partial charge in [-0.15, -0.1) is 0 Å². The van der Waals surface area contributed by atoms with Crippen LogP contribution >= 0.6 is 0 Å². The van der Waals surface area contributed by atoms with Crippen LogP contribution in [0.5, 0.6) is 0 Å². The van der Waals surface area contributed by atoms with Gasteiger partial charge in [0.1, 0.15) is 5.25 Å². The third-order valence-electron chi connectivity index (χ3n) is 5.48. The van der Waals surface area contributed by atoms with Gasteiger partial charge >= 0.3 is 12.3 Å². The maximum atomic E-state index is 13.2. The molecule has 3 fully saturated rings. The zero-order valence-corrected chi connectivity index (χ0v) is 14.9. The average Bonchev–Trinajstić information content (AvgIpc) is 3.23. The zero-order valence-electron chi connectivity index (χ0n) is 14.0. The van der Waals surface area contributed by atoms with Crippen molar-refractivity contribution in [2.45, 2.75) is 36.1 Å². The number of carbonyl (C=O) groups is 1. The van der Waals surface area contributed by atoms with E-state index in [2.05, 4.69) is 5.32 Å². The van der Waals surface area contributed by atoms with E-state index in [0.717, 1.165) is 10.4 Å². The normalized spacial score (nSPS) is 32.8. The lowest BCUT2D eigenvalue weighted by atomic mass is 9.85. The van der Waals surface area contributed by atoms with Crippen molar-refractivity contribution >= 4 is 21.8 Å². The molecule has 150 valence electrons. The number of sulfonamides is 1. The molecule has 2 bridgehead atoms. The highest BCUT2D eigenvalue weighted by Crippen LogP contribution is 2.49. The summed E-state index contributed by atoms with van der Waals surface area (Å²) in [6, 6.07) is 3.67. The third-order valence-corrected chi connectivity index (χ3v) is 7.79. The lowest BCUT2D eigenvalue weighted by Gasteiger charge is -2.25. The van der Waals surface area contributed by atoms with Crippen LogP contribution in [0.1, 0.15) is 17.5 Å². The predicted molar refractivity (Wildman–Crippen MR) is 87.9 cm³/mol. The van der Waals surface area contributed by atoms with Crippen molar-refractivity contribution in [1.29, 1.82) is 5.26 Å². The van der Waals surface area contributed by atoms with Crippen LogP contribution in [0.2, 0.25) is 0 Å². The van der Waals surface area contributed by atoms with E-state index in [1.54, 1.807) is 0 Å². The summed E-state index contributed by atoms with van der Waals surface area (Å²) in [4.78, 5) is 10.9. The van der Waals surface area contributed by atoms with Crippen LogP contribution in [-0.4, -0.2) is 49.7 Å². The van der Waals surface area contributed by atoms with Gasteiger partial charge in [0.15, 0.2) is 0 Å². The predicted octanol–water partition coefficient (Wildman–Crippen LogP) is 1.52. The van der Waals surface area contributed by atoms with E-state index in [4.69, 9.17) is 15.1 Å². The first-order valence-corrected chi connectivity index (χ1v) is 9.82. The summed E-state index contributed by atoms with van der Waals surface area (Å²) in [5.74, 6) is -0.564. The molecule has 1 aromatic carbocycles. The first kappa shape index (κ1) is 18.8. The van der Waals surface area contributed by atoms with Crippen molar-refractivity contribution in [2.24, 2.45) is 5.92 Å². The van der Waals surface area contributed by atoms with Gasteiger partial charge in [0.2, 0.25) is 10.0 Å². The highest BCUT2D eigenvalue weighted by Gasteiger charge is 2.64. The van der Waals surface area contributed by atoms with Crippen LogP contribution in [-0.2, 0) is 20.9 Å². The molecule has 0 saturated carbocycles. The van der Waals surface area contributed by atoms with Crippen LogP contribution in [0.4, 0.5) is 23.7 Å². The second-order valence-corrected chi connectivity index (χ2v) is 8.99. The van der Waals surface area contributed by atoms with Gasteiger partial charge < -0.3 is 15.2 Å². The second kappa shape index (κ2) is 5.99. The lowest BCUT2D eigenvalue weighted by Crippen LogP contribution is -2.48. The van der Waals surface area contributed by atoms with E-state index >= 15 is 0 Å². The zero-order chi connectivity index (χ0) is 20.4. The number of anilines is 1.